The molecule has 2 aliphatic heterocycles. The van der Waals surface area contributed by atoms with Gasteiger partial charge in [-0.15, -0.1) is 0 Å². The number of ether oxygens (including phenoxy) is 2. The van der Waals surface area contributed by atoms with Gasteiger partial charge in [0.2, 0.25) is 0 Å². The highest BCUT2D eigenvalue weighted by molar-refractivity contribution is 7.22. The van der Waals surface area contributed by atoms with Gasteiger partial charge in [-0.1, -0.05) is 23.5 Å². The largest absolute Gasteiger partial charge is 0.378 e. The van der Waals surface area contributed by atoms with Crippen LogP contribution >= 0.6 is 11.3 Å². The van der Waals surface area contributed by atoms with E-state index in [1.54, 1.807) is 11.3 Å². The zero-order valence-electron chi connectivity index (χ0n) is 20.5. The molecule has 9 heteroatoms. The SMILES string of the molecule is CCNC(=O)Nc1ccc(-c2cc(N3CCOCC3)c3nc(N4C[C@@H](C)O[C@@H](C)C4)sc3c2)cc1. The van der Waals surface area contributed by atoms with E-state index in [1.807, 2.05) is 19.1 Å². The number of rotatable bonds is 5. The molecule has 0 spiro atoms. The van der Waals surface area contributed by atoms with Gasteiger partial charge in [0.1, 0.15) is 5.52 Å². The minimum absolute atomic E-state index is 0.187. The van der Waals surface area contributed by atoms with E-state index >= 15 is 0 Å². The number of fused-ring (bicyclic) bond motifs is 1. The quantitative estimate of drug-likeness (QED) is 0.541. The first-order chi connectivity index (χ1) is 17.0. The molecule has 0 radical (unpaired) electrons. The number of anilines is 3. The summed E-state index contributed by atoms with van der Waals surface area (Å²) in [5, 5.41) is 6.67. The van der Waals surface area contributed by atoms with E-state index in [4.69, 9.17) is 14.5 Å². The Balaban J connectivity index is 1.50. The third kappa shape index (κ3) is 5.37. The van der Waals surface area contributed by atoms with Crippen LogP contribution in [-0.4, -0.2) is 69.2 Å². The second kappa shape index (κ2) is 10.4. The topological polar surface area (TPSA) is 79.0 Å². The summed E-state index contributed by atoms with van der Waals surface area (Å²) in [5.74, 6) is 0. The van der Waals surface area contributed by atoms with Gasteiger partial charge in [0.15, 0.2) is 5.13 Å². The van der Waals surface area contributed by atoms with Crippen molar-refractivity contribution in [3.8, 4) is 11.1 Å². The molecule has 186 valence electrons. The van der Waals surface area contributed by atoms with Gasteiger partial charge in [-0.2, -0.15) is 0 Å². The second-order valence-corrected chi connectivity index (χ2v) is 10.2. The van der Waals surface area contributed by atoms with E-state index in [-0.39, 0.29) is 18.2 Å². The van der Waals surface area contributed by atoms with E-state index in [9.17, 15) is 4.79 Å². The Labute approximate surface area is 210 Å². The summed E-state index contributed by atoms with van der Waals surface area (Å²) in [4.78, 5) is 21.7. The zero-order valence-corrected chi connectivity index (χ0v) is 21.4. The number of benzene rings is 2. The van der Waals surface area contributed by atoms with E-state index in [0.717, 1.165) is 72.5 Å². The van der Waals surface area contributed by atoms with Crippen molar-refractivity contribution in [2.45, 2.75) is 33.0 Å². The smallest absolute Gasteiger partial charge is 0.319 e. The molecule has 5 rings (SSSR count). The van der Waals surface area contributed by atoms with Gasteiger partial charge in [0.05, 0.1) is 35.8 Å². The predicted octanol–water partition coefficient (Wildman–Crippen LogP) is 4.55. The van der Waals surface area contributed by atoms with Gasteiger partial charge in [0.25, 0.3) is 0 Å². The van der Waals surface area contributed by atoms with Crippen molar-refractivity contribution in [3.63, 3.8) is 0 Å². The normalized spacial score (nSPS) is 20.8. The number of morpholine rings is 2. The lowest BCUT2D eigenvalue weighted by Gasteiger charge is -2.35. The monoisotopic (exact) mass is 495 g/mol. The number of nitrogens with zero attached hydrogens (tertiary/aromatic N) is 3. The average Bonchev–Trinajstić information content (AvgIpc) is 3.28. The Bertz CT molecular complexity index is 1170. The van der Waals surface area contributed by atoms with Crippen molar-refractivity contribution < 1.29 is 14.3 Å². The summed E-state index contributed by atoms with van der Waals surface area (Å²) in [5.41, 5.74) is 5.22. The summed E-state index contributed by atoms with van der Waals surface area (Å²) in [6.45, 7) is 11.6. The molecule has 2 aromatic carbocycles. The average molecular weight is 496 g/mol. The second-order valence-electron chi connectivity index (χ2n) is 9.16. The summed E-state index contributed by atoms with van der Waals surface area (Å²) >= 11 is 1.75. The highest BCUT2D eigenvalue weighted by Gasteiger charge is 2.26. The molecule has 0 aliphatic carbocycles. The number of carbonyl (C=O) groups excluding carboxylic acids is 1. The van der Waals surface area contributed by atoms with E-state index in [2.05, 4.69) is 58.5 Å². The molecule has 8 nitrogen and oxygen atoms in total. The van der Waals surface area contributed by atoms with Gasteiger partial charge >= 0.3 is 6.03 Å². The van der Waals surface area contributed by atoms with Crippen molar-refractivity contribution in [2.24, 2.45) is 0 Å². The molecule has 2 atom stereocenters. The number of urea groups is 1. The summed E-state index contributed by atoms with van der Waals surface area (Å²) in [7, 11) is 0. The molecule has 2 fully saturated rings. The van der Waals surface area contributed by atoms with Crippen LogP contribution in [0.3, 0.4) is 0 Å². The molecule has 35 heavy (non-hydrogen) atoms. The molecule has 3 heterocycles. The molecule has 1 aromatic heterocycles. The van der Waals surface area contributed by atoms with Crippen molar-refractivity contribution in [3.05, 3.63) is 36.4 Å². The van der Waals surface area contributed by atoms with Crippen LogP contribution in [0.15, 0.2) is 36.4 Å². The number of aromatic nitrogens is 1. The molecule has 0 bridgehead atoms. The standard InChI is InChI=1S/C26H33N5O3S/c1-4-27-25(32)28-21-7-5-19(6-8-21)20-13-22(30-9-11-33-12-10-30)24-23(14-20)35-26(29-24)31-15-17(2)34-18(3)16-31/h5-8,13-14,17-18H,4,9-12,15-16H2,1-3H3,(H2,27,28,32)/t17-,18+. The van der Waals surface area contributed by atoms with Crippen LogP contribution in [0, 0.1) is 0 Å². The molecule has 0 unspecified atom stereocenters. The zero-order chi connectivity index (χ0) is 24.4. The van der Waals surface area contributed by atoms with E-state index in [0.29, 0.717) is 6.54 Å². The number of thiazole rings is 1. The molecule has 2 aliphatic rings. The Morgan fingerprint density at radius 3 is 2.46 bits per heavy atom. The summed E-state index contributed by atoms with van der Waals surface area (Å²) in [6.07, 6.45) is 0.373. The van der Waals surface area contributed by atoms with Crippen LogP contribution in [0.2, 0.25) is 0 Å². The van der Waals surface area contributed by atoms with E-state index < -0.39 is 0 Å². The molecular weight excluding hydrogens is 462 g/mol. The molecule has 0 saturated carbocycles. The van der Waals surface area contributed by atoms with Crippen LogP contribution in [0.1, 0.15) is 20.8 Å². The van der Waals surface area contributed by atoms with Crippen molar-refractivity contribution in [1.29, 1.82) is 0 Å². The van der Waals surface area contributed by atoms with Crippen molar-refractivity contribution in [2.75, 3.05) is 61.1 Å². The minimum Gasteiger partial charge on any atom is -0.378 e. The highest BCUT2D eigenvalue weighted by Crippen LogP contribution is 2.39. The lowest BCUT2D eigenvalue weighted by atomic mass is 10.0. The maximum Gasteiger partial charge on any atom is 0.319 e. The van der Waals surface area contributed by atoms with Gasteiger partial charge < -0.3 is 29.9 Å². The number of carbonyl (C=O) groups is 1. The fraction of sp³-hybridized carbons (Fsp3) is 0.462. The number of nitrogens with one attached hydrogen (secondary N) is 2. The first-order valence-corrected chi connectivity index (χ1v) is 13.1. The van der Waals surface area contributed by atoms with Crippen LogP contribution in [-0.2, 0) is 9.47 Å². The van der Waals surface area contributed by atoms with Crippen molar-refractivity contribution >= 4 is 44.1 Å². The molecular formula is C26H33N5O3S. The van der Waals surface area contributed by atoms with Gasteiger partial charge in [-0.05, 0) is 56.2 Å². The van der Waals surface area contributed by atoms with Crippen LogP contribution < -0.4 is 20.4 Å². The van der Waals surface area contributed by atoms with Crippen LogP contribution in [0.5, 0.6) is 0 Å². The van der Waals surface area contributed by atoms with E-state index in [1.165, 1.54) is 4.70 Å². The number of hydrogen-bond donors (Lipinski definition) is 2. The molecule has 2 N–H and O–H groups in total. The number of hydrogen-bond acceptors (Lipinski definition) is 7. The maximum atomic E-state index is 11.9. The first-order valence-electron chi connectivity index (χ1n) is 12.3. The third-order valence-corrected chi connectivity index (χ3v) is 7.38. The maximum absolute atomic E-state index is 11.9. The lowest BCUT2D eigenvalue weighted by molar-refractivity contribution is -0.00521. The Kier molecular flexibility index (Phi) is 7.08. The Morgan fingerprint density at radius 1 is 1.06 bits per heavy atom. The number of amides is 2. The first kappa shape index (κ1) is 23.8. The fourth-order valence-corrected chi connectivity index (χ4v) is 5.81. The minimum atomic E-state index is -0.194. The Morgan fingerprint density at radius 2 is 1.77 bits per heavy atom. The molecule has 2 amide bonds. The Hall–Kier alpha value is -2.88. The lowest BCUT2D eigenvalue weighted by Crippen LogP contribution is -2.45. The molecule has 2 saturated heterocycles. The predicted molar refractivity (Wildman–Crippen MR) is 143 cm³/mol. The van der Waals surface area contributed by atoms with Gasteiger partial charge in [-0.25, -0.2) is 9.78 Å². The summed E-state index contributed by atoms with van der Waals surface area (Å²) in [6, 6.07) is 12.3. The summed E-state index contributed by atoms with van der Waals surface area (Å²) < 4.78 is 12.7. The fourth-order valence-electron chi connectivity index (χ4n) is 4.76. The third-order valence-electron chi connectivity index (χ3n) is 6.32. The van der Waals surface area contributed by atoms with Gasteiger partial charge in [-0.3, -0.25) is 0 Å². The van der Waals surface area contributed by atoms with Crippen LogP contribution in [0.25, 0.3) is 21.3 Å². The van der Waals surface area contributed by atoms with Crippen molar-refractivity contribution in [1.82, 2.24) is 10.3 Å². The van der Waals surface area contributed by atoms with Crippen LogP contribution in [0.4, 0.5) is 21.3 Å². The van der Waals surface area contributed by atoms with Gasteiger partial charge in [0, 0.05) is 38.4 Å². The highest BCUT2D eigenvalue weighted by atomic mass is 32.1. The molecule has 3 aromatic rings.